The van der Waals surface area contributed by atoms with Gasteiger partial charge in [0.15, 0.2) is 0 Å². The summed E-state index contributed by atoms with van der Waals surface area (Å²) in [7, 11) is 0. The average Bonchev–Trinajstić information content (AvgIpc) is 2.48. The Labute approximate surface area is 129 Å². The summed E-state index contributed by atoms with van der Waals surface area (Å²) in [5.41, 5.74) is 0.987. The van der Waals surface area contributed by atoms with E-state index in [1.807, 2.05) is 13.8 Å². The summed E-state index contributed by atoms with van der Waals surface area (Å²) >= 11 is 0. The van der Waals surface area contributed by atoms with E-state index in [4.69, 9.17) is 0 Å². The van der Waals surface area contributed by atoms with Gasteiger partial charge in [0, 0.05) is 11.7 Å². The lowest BCUT2D eigenvalue weighted by molar-refractivity contribution is 0.102. The molecule has 1 heterocycles. The monoisotopic (exact) mass is 302 g/mol. The molecular formula is C16H19FN4O. The summed E-state index contributed by atoms with van der Waals surface area (Å²) in [6.45, 7) is 5.83. The fraction of sp³-hybridized carbons (Fsp3) is 0.312. The molecule has 22 heavy (non-hydrogen) atoms. The molecular weight excluding hydrogens is 283 g/mol. The van der Waals surface area contributed by atoms with E-state index in [0.29, 0.717) is 11.6 Å². The quantitative estimate of drug-likeness (QED) is 0.888. The lowest BCUT2D eigenvalue weighted by atomic mass is 10.2. The van der Waals surface area contributed by atoms with Crippen LogP contribution in [0, 0.1) is 12.7 Å². The number of amides is 1. The minimum Gasteiger partial charge on any atom is -0.352 e. The third-order valence-electron chi connectivity index (χ3n) is 3.20. The van der Waals surface area contributed by atoms with Gasteiger partial charge < -0.3 is 10.6 Å². The Morgan fingerprint density at radius 3 is 2.73 bits per heavy atom. The van der Waals surface area contributed by atoms with Crippen LogP contribution >= 0.6 is 0 Å². The van der Waals surface area contributed by atoms with E-state index in [9.17, 15) is 9.18 Å². The third kappa shape index (κ3) is 4.00. The highest BCUT2D eigenvalue weighted by Gasteiger charge is 2.13. The molecule has 5 nitrogen and oxygen atoms in total. The maximum absolute atomic E-state index is 13.6. The minimum atomic E-state index is -0.486. The topological polar surface area (TPSA) is 66.9 Å². The second kappa shape index (κ2) is 6.98. The Balaban J connectivity index is 2.21. The zero-order valence-corrected chi connectivity index (χ0v) is 12.9. The van der Waals surface area contributed by atoms with E-state index in [1.165, 1.54) is 12.1 Å². The maximum atomic E-state index is 13.6. The second-order valence-electron chi connectivity index (χ2n) is 5.11. The third-order valence-corrected chi connectivity index (χ3v) is 3.20. The van der Waals surface area contributed by atoms with Gasteiger partial charge in [0.05, 0.1) is 5.69 Å². The summed E-state index contributed by atoms with van der Waals surface area (Å²) < 4.78 is 13.6. The number of carbonyl (C=O) groups excluding carboxylic acids is 1. The molecule has 0 bridgehead atoms. The number of hydrogen-bond acceptors (Lipinski definition) is 4. The van der Waals surface area contributed by atoms with Crippen molar-refractivity contribution in [1.82, 2.24) is 9.97 Å². The number of carbonyl (C=O) groups is 1. The highest BCUT2D eigenvalue weighted by molar-refractivity contribution is 6.03. The van der Waals surface area contributed by atoms with Gasteiger partial charge in [-0.2, -0.15) is 0 Å². The molecule has 6 heteroatoms. The molecule has 0 fully saturated rings. The second-order valence-corrected chi connectivity index (χ2v) is 5.11. The number of benzene rings is 1. The molecule has 0 saturated carbocycles. The van der Waals surface area contributed by atoms with Crippen molar-refractivity contribution < 1.29 is 9.18 Å². The van der Waals surface area contributed by atoms with Crippen LogP contribution < -0.4 is 10.6 Å². The maximum Gasteiger partial charge on any atom is 0.274 e. The number of hydrogen-bond donors (Lipinski definition) is 2. The predicted octanol–water partition coefficient (Wildman–Crippen LogP) is 3.39. The molecule has 0 aliphatic heterocycles. The molecule has 1 amide bonds. The number of rotatable bonds is 5. The zero-order valence-electron chi connectivity index (χ0n) is 12.9. The van der Waals surface area contributed by atoms with Crippen LogP contribution in [-0.4, -0.2) is 21.9 Å². The van der Waals surface area contributed by atoms with Gasteiger partial charge in [-0.3, -0.25) is 4.79 Å². The molecule has 2 N–H and O–H groups in total. The van der Waals surface area contributed by atoms with E-state index in [0.717, 1.165) is 6.42 Å². The molecule has 1 aromatic carbocycles. The molecule has 1 unspecified atom stereocenters. The summed E-state index contributed by atoms with van der Waals surface area (Å²) in [5.74, 6) is -0.560. The van der Waals surface area contributed by atoms with E-state index in [2.05, 4.69) is 20.6 Å². The zero-order chi connectivity index (χ0) is 16.1. The van der Waals surface area contributed by atoms with Crippen molar-refractivity contribution in [2.24, 2.45) is 0 Å². The van der Waals surface area contributed by atoms with Crippen molar-refractivity contribution >= 4 is 17.5 Å². The van der Waals surface area contributed by atoms with Crippen LogP contribution in [0.3, 0.4) is 0 Å². The molecule has 2 aromatic rings. The molecule has 0 saturated heterocycles. The van der Waals surface area contributed by atoms with Crippen LogP contribution in [0.5, 0.6) is 0 Å². The summed E-state index contributed by atoms with van der Waals surface area (Å²) in [4.78, 5) is 20.7. The van der Waals surface area contributed by atoms with Crippen molar-refractivity contribution in [2.45, 2.75) is 33.2 Å². The SMILES string of the molecule is CCC(C)Nc1nc(C)cc(C(=O)Nc2ccccc2F)n1. The van der Waals surface area contributed by atoms with Crippen LogP contribution in [0.15, 0.2) is 30.3 Å². The Morgan fingerprint density at radius 1 is 1.32 bits per heavy atom. The molecule has 1 aromatic heterocycles. The van der Waals surface area contributed by atoms with Crippen molar-refractivity contribution in [3.05, 3.63) is 47.5 Å². The number of nitrogens with zero attached hydrogens (tertiary/aromatic N) is 2. The molecule has 2 rings (SSSR count). The van der Waals surface area contributed by atoms with E-state index < -0.39 is 11.7 Å². The van der Waals surface area contributed by atoms with Crippen LogP contribution in [0.4, 0.5) is 16.0 Å². The first-order chi connectivity index (χ1) is 10.5. The van der Waals surface area contributed by atoms with Gasteiger partial charge in [-0.25, -0.2) is 14.4 Å². The van der Waals surface area contributed by atoms with Crippen LogP contribution in [0.25, 0.3) is 0 Å². The van der Waals surface area contributed by atoms with Crippen molar-refractivity contribution in [3.63, 3.8) is 0 Å². The summed E-state index contributed by atoms with van der Waals surface area (Å²) in [5, 5.41) is 5.64. The predicted molar refractivity (Wildman–Crippen MR) is 84.5 cm³/mol. The van der Waals surface area contributed by atoms with Gasteiger partial charge in [-0.15, -0.1) is 0 Å². The highest BCUT2D eigenvalue weighted by Crippen LogP contribution is 2.14. The fourth-order valence-electron chi connectivity index (χ4n) is 1.82. The Kier molecular flexibility index (Phi) is 5.04. The van der Waals surface area contributed by atoms with Gasteiger partial charge in [-0.05, 0) is 38.5 Å². The lowest BCUT2D eigenvalue weighted by Gasteiger charge is -2.13. The number of aromatic nitrogens is 2. The summed E-state index contributed by atoms with van der Waals surface area (Å²) in [6.07, 6.45) is 0.911. The van der Waals surface area contributed by atoms with Gasteiger partial charge in [0.1, 0.15) is 11.5 Å². The molecule has 0 aliphatic rings. The average molecular weight is 302 g/mol. The molecule has 0 spiro atoms. The smallest absolute Gasteiger partial charge is 0.274 e. The van der Waals surface area contributed by atoms with Crippen LogP contribution in [0.1, 0.15) is 36.5 Å². The van der Waals surface area contributed by atoms with Gasteiger partial charge >= 0.3 is 0 Å². The van der Waals surface area contributed by atoms with Crippen LogP contribution in [-0.2, 0) is 0 Å². The summed E-state index contributed by atoms with van der Waals surface area (Å²) in [6, 6.07) is 7.77. The minimum absolute atomic E-state index is 0.125. The fourth-order valence-corrected chi connectivity index (χ4v) is 1.82. The molecule has 1 atom stereocenters. The van der Waals surface area contributed by atoms with Gasteiger partial charge in [-0.1, -0.05) is 19.1 Å². The van der Waals surface area contributed by atoms with E-state index in [-0.39, 0.29) is 17.4 Å². The number of halogens is 1. The number of nitrogens with one attached hydrogen (secondary N) is 2. The van der Waals surface area contributed by atoms with Gasteiger partial charge in [0.2, 0.25) is 5.95 Å². The Morgan fingerprint density at radius 2 is 2.05 bits per heavy atom. The Hall–Kier alpha value is -2.50. The first-order valence-corrected chi connectivity index (χ1v) is 7.17. The van der Waals surface area contributed by atoms with Gasteiger partial charge in [0.25, 0.3) is 5.91 Å². The molecule has 0 radical (unpaired) electrons. The molecule has 116 valence electrons. The van der Waals surface area contributed by atoms with Crippen molar-refractivity contribution in [1.29, 1.82) is 0 Å². The highest BCUT2D eigenvalue weighted by atomic mass is 19.1. The molecule has 0 aliphatic carbocycles. The first-order valence-electron chi connectivity index (χ1n) is 7.17. The van der Waals surface area contributed by atoms with Crippen molar-refractivity contribution in [3.8, 4) is 0 Å². The largest absolute Gasteiger partial charge is 0.352 e. The number of aryl methyl sites for hydroxylation is 1. The normalized spacial score (nSPS) is 11.8. The van der Waals surface area contributed by atoms with E-state index in [1.54, 1.807) is 25.1 Å². The standard InChI is InChI=1S/C16H19FN4O/c1-4-10(2)18-16-19-11(3)9-14(21-16)15(22)20-13-8-6-5-7-12(13)17/h5-10H,4H2,1-3H3,(H,20,22)(H,18,19,21). The van der Waals surface area contributed by atoms with Crippen LogP contribution in [0.2, 0.25) is 0 Å². The van der Waals surface area contributed by atoms with Crippen molar-refractivity contribution in [2.75, 3.05) is 10.6 Å². The Bertz CT molecular complexity index is 675. The lowest BCUT2D eigenvalue weighted by Crippen LogP contribution is -2.20. The first kappa shape index (κ1) is 15.9. The van der Waals surface area contributed by atoms with E-state index >= 15 is 0 Å². The number of anilines is 2. The number of para-hydroxylation sites is 1.